The van der Waals surface area contributed by atoms with Gasteiger partial charge in [-0.15, -0.1) is 0 Å². The number of amides is 2. The zero-order valence-electron chi connectivity index (χ0n) is 12.4. The predicted octanol–water partition coefficient (Wildman–Crippen LogP) is 2.54. The van der Waals surface area contributed by atoms with Gasteiger partial charge in [-0.3, -0.25) is 0 Å². The normalized spacial score (nSPS) is 21.4. The summed E-state index contributed by atoms with van der Waals surface area (Å²) in [7, 11) is 1.83. The fourth-order valence-corrected chi connectivity index (χ4v) is 2.96. The number of nitrogens with zero attached hydrogens (tertiary/aromatic N) is 2. The van der Waals surface area contributed by atoms with Gasteiger partial charge in [0.2, 0.25) is 0 Å². The molecule has 1 saturated carbocycles. The van der Waals surface area contributed by atoms with Gasteiger partial charge in [-0.1, -0.05) is 12.8 Å². The number of rotatable bonds is 3. The predicted molar refractivity (Wildman–Crippen MR) is 82.7 cm³/mol. The van der Waals surface area contributed by atoms with Gasteiger partial charge in [-0.2, -0.15) is 5.26 Å². The highest BCUT2D eigenvalue weighted by Crippen LogP contribution is 2.27. The maximum absolute atomic E-state index is 12.3. The molecule has 1 fully saturated rings. The maximum Gasteiger partial charge on any atom is 0.321 e. The molecule has 5 heteroatoms. The number of benzene rings is 1. The molecule has 112 valence electrons. The first-order valence-corrected chi connectivity index (χ1v) is 7.39. The molecule has 2 amide bonds. The van der Waals surface area contributed by atoms with Crippen molar-refractivity contribution in [3.63, 3.8) is 0 Å². The van der Waals surface area contributed by atoms with Gasteiger partial charge in [0.15, 0.2) is 0 Å². The van der Waals surface area contributed by atoms with Crippen molar-refractivity contribution in [2.75, 3.05) is 18.9 Å². The Hall–Kier alpha value is -2.06. The third-order valence-electron chi connectivity index (χ3n) is 4.25. The molecule has 1 aromatic carbocycles. The lowest BCUT2D eigenvalue weighted by molar-refractivity contribution is 0.150. The minimum absolute atomic E-state index is 0.120. The van der Waals surface area contributed by atoms with E-state index in [1.807, 2.05) is 7.05 Å². The van der Waals surface area contributed by atoms with Crippen molar-refractivity contribution in [2.24, 2.45) is 11.7 Å². The van der Waals surface area contributed by atoms with Crippen molar-refractivity contribution < 1.29 is 4.79 Å². The standard InChI is InChI=1S/C16H22N4O/c1-20(15-5-3-2-4-13(15)11-18)16(21)19-14-8-6-12(10-17)7-9-14/h6-9,13,15H,2-5,11,18H2,1H3,(H,19,21). The summed E-state index contributed by atoms with van der Waals surface area (Å²) in [5, 5.41) is 11.6. The first kappa shape index (κ1) is 15.3. The molecule has 0 bridgehead atoms. The third-order valence-corrected chi connectivity index (χ3v) is 4.25. The number of hydrogen-bond acceptors (Lipinski definition) is 3. The Morgan fingerprint density at radius 3 is 2.67 bits per heavy atom. The summed E-state index contributed by atoms with van der Waals surface area (Å²) in [5.41, 5.74) is 7.11. The van der Waals surface area contributed by atoms with Crippen LogP contribution in [-0.4, -0.2) is 30.6 Å². The first-order chi connectivity index (χ1) is 10.2. The summed E-state index contributed by atoms with van der Waals surface area (Å²) in [5.74, 6) is 0.385. The molecule has 0 radical (unpaired) electrons. The Morgan fingerprint density at radius 1 is 1.38 bits per heavy atom. The summed E-state index contributed by atoms with van der Waals surface area (Å²) < 4.78 is 0. The van der Waals surface area contributed by atoms with E-state index in [1.165, 1.54) is 6.42 Å². The minimum atomic E-state index is -0.120. The minimum Gasteiger partial charge on any atom is -0.330 e. The number of hydrogen-bond donors (Lipinski definition) is 2. The molecule has 1 aliphatic rings. The van der Waals surface area contributed by atoms with Crippen LogP contribution in [0.4, 0.5) is 10.5 Å². The summed E-state index contributed by atoms with van der Waals surface area (Å²) in [4.78, 5) is 14.1. The molecule has 3 N–H and O–H groups in total. The summed E-state index contributed by atoms with van der Waals surface area (Å²) in [6.07, 6.45) is 4.45. The molecule has 21 heavy (non-hydrogen) atoms. The van der Waals surface area contributed by atoms with Crippen molar-refractivity contribution >= 4 is 11.7 Å². The average molecular weight is 286 g/mol. The van der Waals surface area contributed by atoms with Gasteiger partial charge in [0, 0.05) is 18.8 Å². The second-order valence-electron chi connectivity index (χ2n) is 5.58. The van der Waals surface area contributed by atoms with E-state index in [4.69, 9.17) is 11.0 Å². The van der Waals surface area contributed by atoms with Gasteiger partial charge >= 0.3 is 6.03 Å². The van der Waals surface area contributed by atoms with Gasteiger partial charge in [0.05, 0.1) is 11.6 Å². The Balaban J connectivity index is 1.99. The smallest absolute Gasteiger partial charge is 0.321 e. The van der Waals surface area contributed by atoms with Crippen LogP contribution in [0.3, 0.4) is 0 Å². The van der Waals surface area contributed by atoms with Crippen LogP contribution >= 0.6 is 0 Å². The van der Waals surface area contributed by atoms with Crippen LogP contribution in [0.2, 0.25) is 0 Å². The molecular formula is C16H22N4O. The number of nitrogens with two attached hydrogens (primary N) is 1. The summed E-state index contributed by atoms with van der Waals surface area (Å²) >= 11 is 0. The highest BCUT2D eigenvalue weighted by Gasteiger charge is 2.29. The second-order valence-corrected chi connectivity index (χ2v) is 5.58. The van der Waals surface area contributed by atoms with E-state index in [0.29, 0.717) is 23.7 Å². The zero-order valence-corrected chi connectivity index (χ0v) is 12.4. The SMILES string of the molecule is CN(C(=O)Nc1ccc(C#N)cc1)C1CCCCC1CN. The van der Waals surface area contributed by atoms with Gasteiger partial charge in [-0.25, -0.2) is 4.79 Å². The van der Waals surface area contributed by atoms with Crippen molar-refractivity contribution in [1.29, 1.82) is 5.26 Å². The Labute approximate surface area is 125 Å². The third kappa shape index (κ3) is 3.73. The Kier molecular flexibility index (Phi) is 5.18. The molecule has 1 aromatic rings. The van der Waals surface area contributed by atoms with E-state index in [0.717, 1.165) is 19.3 Å². The largest absolute Gasteiger partial charge is 0.330 e. The van der Waals surface area contributed by atoms with Gasteiger partial charge in [0.25, 0.3) is 0 Å². The van der Waals surface area contributed by atoms with Gasteiger partial charge < -0.3 is 16.0 Å². The summed E-state index contributed by atoms with van der Waals surface area (Å²) in [6.45, 7) is 0.624. The van der Waals surface area contributed by atoms with Crippen LogP contribution in [0.25, 0.3) is 0 Å². The topological polar surface area (TPSA) is 82.2 Å². The van der Waals surface area contributed by atoms with Crippen LogP contribution in [0, 0.1) is 17.2 Å². The summed E-state index contributed by atoms with van der Waals surface area (Å²) in [6, 6.07) is 9.02. The van der Waals surface area contributed by atoms with Crippen LogP contribution in [0.1, 0.15) is 31.2 Å². The monoisotopic (exact) mass is 286 g/mol. The fraction of sp³-hybridized carbons (Fsp3) is 0.500. The zero-order chi connectivity index (χ0) is 15.2. The lowest BCUT2D eigenvalue weighted by Crippen LogP contribution is -2.47. The quantitative estimate of drug-likeness (QED) is 0.895. The van der Waals surface area contributed by atoms with Gasteiger partial charge in [0.1, 0.15) is 0 Å². The average Bonchev–Trinajstić information content (AvgIpc) is 2.54. The molecule has 0 aliphatic heterocycles. The van der Waals surface area contributed by atoms with Crippen molar-refractivity contribution in [3.05, 3.63) is 29.8 Å². The van der Waals surface area contributed by atoms with E-state index in [2.05, 4.69) is 11.4 Å². The number of carbonyl (C=O) groups excluding carboxylic acids is 1. The lowest BCUT2D eigenvalue weighted by atomic mass is 9.84. The van der Waals surface area contributed by atoms with Crippen molar-refractivity contribution in [2.45, 2.75) is 31.7 Å². The van der Waals surface area contributed by atoms with E-state index in [-0.39, 0.29) is 12.1 Å². The first-order valence-electron chi connectivity index (χ1n) is 7.39. The molecule has 2 rings (SSSR count). The van der Waals surface area contributed by atoms with Crippen LogP contribution in [-0.2, 0) is 0 Å². The molecule has 2 atom stereocenters. The highest BCUT2D eigenvalue weighted by atomic mass is 16.2. The number of anilines is 1. The van der Waals surface area contributed by atoms with Crippen LogP contribution in [0.5, 0.6) is 0 Å². The van der Waals surface area contributed by atoms with Crippen LogP contribution < -0.4 is 11.1 Å². The van der Waals surface area contributed by atoms with Crippen LogP contribution in [0.15, 0.2) is 24.3 Å². The van der Waals surface area contributed by atoms with Gasteiger partial charge in [-0.05, 0) is 49.6 Å². The number of nitrogens with one attached hydrogen (secondary N) is 1. The van der Waals surface area contributed by atoms with E-state index < -0.39 is 0 Å². The molecule has 1 aliphatic carbocycles. The molecular weight excluding hydrogens is 264 g/mol. The van der Waals surface area contributed by atoms with E-state index >= 15 is 0 Å². The Morgan fingerprint density at radius 2 is 2.05 bits per heavy atom. The number of nitriles is 1. The molecule has 0 aromatic heterocycles. The van der Waals surface area contributed by atoms with E-state index in [9.17, 15) is 4.79 Å². The molecule has 0 spiro atoms. The highest BCUT2D eigenvalue weighted by molar-refractivity contribution is 5.89. The van der Waals surface area contributed by atoms with Crippen molar-refractivity contribution in [3.8, 4) is 6.07 Å². The number of carbonyl (C=O) groups is 1. The second kappa shape index (κ2) is 7.09. The molecule has 5 nitrogen and oxygen atoms in total. The maximum atomic E-state index is 12.3. The molecule has 0 heterocycles. The fourth-order valence-electron chi connectivity index (χ4n) is 2.96. The van der Waals surface area contributed by atoms with E-state index in [1.54, 1.807) is 29.2 Å². The lowest BCUT2D eigenvalue weighted by Gasteiger charge is -2.37. The van der Waals surface area contributed by atoms with Crippen molar-refractivity contribution in [1.82, 2.24) is 4.90 Å². The Bertz CT molecular complexity index is 520. The number of urea groups is 1. The molecule has 0 saturated heterocycles. The molecule has 2 unspecified atom stereocenters.